The van der Waals surface area contributed by atoms with Crippen molar-refractivity contribution in [1.82, 2.24) is 41.1 Å². The Morgan fingerprint density at radius 3 is 2.56 bits per heavy atom. The number of hydrogen-bond donors (Lipinski definition) is 4. The van der Waals surface area contributed by atoms with E-state index in [9.17, 15) is 9.59 Å². The van der Waals surface area contributed by atoms with E-state index >= 15 is 0 Å². The molecule has 3 aromatic rings. The molecule has 0 spiro atoms. The molecule has 166 valence electrons. The molecule has 3 heterocycles. The number of aromatic nitrogens is 5. The third-order valence-corrected chi connectivity index (χ3v) is 5.34. The van der Waals surface area contributed by atoms with E-state index < -0.39 is 0 Å². The van der Waals surface area contributed by atoms with Crippen LogP contribution in [0.15, 0.2) is 48.8 Å². The highest BCUT2D eigenvalue weighted by Gasteiger charge is 2.26. The molecule has 2 aromatic heterocycles. The maximum Gasteiger partial charge on any atom is 0.319 e. The van der Waals surface area contributed by atoms with Crippen molar-refractivity contribution in [2.24, 2.45) is 0 Å². The smallest absolute Gasteiger partial charge is 0.319 e. The van der Waals surface area contributed by atoms with Crippen LogP contribution in [0.25, 0.3) is 0 Å². The zero-order chi connectivity index (χ0) is 22.2. The largest absolute Gasteiger partial charge is 0.334 e. The van der Waals surface area contributed by atoms with Crippen LogP contribution in [0.3, 0.4) is 0 Å². The lowest BCUT2D eigenvalue weighted by Gasteiger charge is -2.30. The van der Waals surface area contributed by atoms with Crippen LogP contribution in [-0.4, -0.2) is 55.7 Å². The number of pyridine rings is 1. The summed E-state index contributed by atoms with van der Waals surface area (Å²) in [4.78, 5) is 30.4. The molecule has 11 nitrogen and oxygen atoms in total. The molecule has 1 aliphatic heterocycles. The summed E-state index contributed by atoms with van der Waals surface area (Å²) in [7, 11) is 0. The van der Waals surface area contributed by atoms with Crippen molar-refractivity contribution in [1.29, 1.82) is 0 Å². The molecular weight excluding hydrogens is 410 g/mol. The predicted molar refractivity (Wildman–Crippen MR) is 116 cm³/mol. The lowest BCUT2D eigenvalue weighted by Crippen LogP contribution is -2.44. The monoisotopic (exact) mass is 435 g/mol. The summed E-state index contributed by atoms with van der Waals surface area (Å²) in [6.45, 7) is 2.07. The lowest BCUT2D eigenvalue weighted by molar-refractivity contribution is 0.180. The van der Waals surface area contributed by atoms with Crippen molar-refractivity contribution < 1.29 is 9.59 Å². The van der Waals surface area contributed by atoms with Crippen molar-refractivity contribution in [2.45, 2.75) is 31.8 Å². The molecule has 0 unspecified atom stereocenters. The standard InChI is InChI=1S/C21H25N9O2/c31-20(23-13-15-4-8-22-9-5-15)25-18-3-1-2-16(12-18)14-24-21(32)30-10-6-17(7-11-30)19-26-28-29-27-19/h1-5,8-9,12,17H,6-7,10-11,13-14H2,(H,24,32)(H2,23,25,31)(H,26,27,28,29). The van der Waals surface area contributed by atoms with Crippen LogP contribution in [-0.2, 0) is 13.1 Å². The number of piperidine rings is 1. The second-order valence-corrected chi connectivity index (χ2v) is 7.55. The fraction of sp³-hybridized carbons (Fsp3) is 0.333. The minimum atomic E-state index is -0.299. The van der Waals surface area contributed by atoms with Crippen molar-refractivity contribution in [3.05, 3.63) is 65.7 Å². The Bertz CT molecular complexity index is 1020. The minimum Gasteiger partial charge on any atom is -0.334 e. The Morgan fingerprint density at radius 2 is 1.81 bits per heavy atom. The SMILES string of the molecule is O=C(NCc1ccncc1)Nc1cccc(CNC(=O)N2CCC(c3nn[nH]n3)CC2)c1. The third kappa shape index (κ3) is 5.78. The molecule has 0 atom stereocenters. The number of carbonyl (C=O) groups is 2. The number of tetrazole rings is 1. The molecule has 0 aliphatic carbocycles. The molecule has 0 saturated carbocycles. The van der Waals surface area contributed by atoms with Crippen molar-refractivity contribution in [2.75, 3.05) is 18.4 Å². The first kappa shape index (κ1) is 21.2. The number of amides is 4. The number of nitrogens with one attached hydrogen (secondary N) is 4. The topological polar surface area (TPSA) is 141 Å². The van der Waals surface area contributed by atoms with Gasteiger partial charge in [0.2, 0.25) is 0 Å². The number of nitrogens with zero attached hydrogens (tertiary/aromatic N) is 5. The summed E-state index contributed by atoms with van der Waals surface area (Å²) < 4.78 is 0. The summed E-state index contributed by atoms with van der Waals surface area (Å²) in [5, 5.41) is 22.7. The van der Waals surface area contributed by atoms with Crippen molar-refractivity contribution in [3.63, 3.8) is 0 Å². The number of anilines is 1. The Balaban J connectivity index is 1.21. The van der Waals surface area contributed by atoms with E-state index in [2.05, 4.69) is 41.6 Å². The minimum absolute atomic E-state index is 0.106. The maximum atomic E-state index is 12.5. The first-order chi connectivity index (χ1) is 15.7. The zero-order valence-corrected chi connectivity index (χ0v) is 17.5. The number of H-pyrrole nitrogens is 1. The van der Waals surface area contributed by atoms with Gasteiger partial charge in [-0.05, 0) is 48.2 Å². The molecule has 0 bridgehead atoms. The summed E-state index contributed by atoms with van der Waals surface area (Å²) in [6, 6.07) is 10.7. The molecule has 11 heteroatoms. The van der Waals surface area contributed by atoms with Gasteiger partial charge < -0.3 is 20.9 Å². The molecule has 4 rings (SSSR count). The first-order valence-electron chi connectivity index (χ1n) is 10.5. The second kappa shape index (κ2) is 10.3. The molecule has 4 amide bonds. The van der Waals surface area contributed by atoms with Crippen LogP contribution in [0.4, 0.5) is 15.3 Å². The van der Waals surface area contributed by atoms with Crippen LogP contribution in [0.1, 0.15) is 35.7 Å². The maximum absolute atomic E-state index is 12.5. The van der Waals surface area contributed by atoms with Gasteiger partial charge in [0, 0.05) is 50.2 Å². The number of benzene rings is 1. The van der Waals surface area contributed by atoms with Crippen LogP contribution in [0.2, 0.25) is 0 Å². The quantitative estimate of drug-likeness (QED) is 0.467. The average Bonchev–Trinajstić information content (AvgIpc) is 3.37. The molecule has 1 saturated heterocycles. The molecular formula is C21H25N9O2. The van der Waals surface area contributed by atoms with Gasteiger partial charge in [-0.15, -0.1) is 10.2 Å². The van der Waals surface area contributed by atoms with E-state index in [0.717, 1.165) is 24.0 Å². The molecule has 1 aromatic carbocycles. The summed E-state index contributed by atoms with van der Waals surface area (Å²) in [6.07, 6.45) is 4.98. The normalized spacial score (nSPS) is 14.1. The number of aromatic amines is 1. The molecule has 4 N–H and O–H groups in total. The van der Waals surface area contributed by atoms with E-state index in [1.165, 1.54) is 0 Å². The Hall–Kier alpha value is -4.02. The highest BCUT2D eigenvalue weighted by atomic mass is 16.2. The van der Waals surface area contributed by atoms with Crippen LogP contribution in [0.5, 0.6) is 0 Å². The van der Waals surface area contributed by atoms with Gasteiger partial charge in [0.15, 0.2) is 5.82 Å². The van der Waals surface area contributed by atoms with E-state index in [4.69, 9.17) is 0 Å². The van der Waals surface area contributed by atoms with Gasteiger partial charge >= 0.3 is 12.1 Å². The first-order valence-corrected chi connectivity index (χ1v) is 10.5. The van der Waals surface area contributed by atoms with E-state index in [1.54, 1.807) is 23.4 Å². The third-order valence-electron chi connectivity index (χ3n) is 5.34. The Labute approximate surface area is 185 Å². The molecule has 1 aliphatic rings. The lowest BCUT2D eigenvalue weighted by atomic mass is 9.96. The number of rotatable bonds is 6. The Morgan fingerprint density at radius 1 is 1.03 bits per heavy atom. The Kier molecular flexibility index (Phi) is 6.85. The van der Waals surface area contributed by atoms with E-state index in [1.807, 2.05) is 30.3 Å². The highest BCUT2D eigenvalue weighted by molar-refractivity contribution is 5.89. The van der Waals surface area contributed by atoms with Gasteiger partial charge in [0.05, 0.1) is 0 Å². The van der Waals surface area contributed by atoms with Gasteiger partial charge in [-0.2, -0.15) is 5.21 Å². The predicted octanol–water partition coefficient (Wildman–Crippen LogP) is 2.01. The van der Waals surface area contributed by atoms with Crippen molar-refractivity contribution >= 4 is 17.7 Å². The van der Waals surface area contributed by atoms with Crippen molar-refractivity contribution in [3.8, 4) is 0 Å². The summed E-state index contributed by atoms with van der Waals surface area (Å²) in [5.74, 6) is 0.935. The van der Waals surface area contributed by atoms with Crippen LogP contribution >= 0.6 is 0 Å². The fourth-order valence-corrected chi connectivity index (χ4v) is 3.59. The number of urea groups is 2. The van der Waals surface area contributed by atoms with Gasteiger partial charge in [0.1, 0.15) is 0 Å². The van der Waals surface area contributed by atoms with E-state index in [0.29, 0.717) is 37.7 Å². The van der Waals surface area contributed by atoms with E-state index in [-0.39, 0.29) is 18.0 Å². The molecule has 32 heavy (non-hydrogen) atoms. The van der Waals surface area contributed by atoms with Gasteiger partial charge in [-0.25, -0.2) is 9.59 Å². The fourth-order valence-electron chi connectivity index (χ4n) is 3.59. The number of hydrogen-bond acceptors (Lipinski definition) is 6. The number of carbonyl (C=O) groups excluding carboxylic acids is 2. The second-order valence-electron chi connectivity index (χ2n) is 7.55. The molecule has 1 fully saturated rings. The summed E-state index contributed by atoms with van der Waals surface area (Å²) >= 11 is 0. The summed E-state index contributed by atoms with van der Waals surface area (Å²) in [5.41, 5.74) is 2.52. The number of likely N-dealkylation sites (tertiary alicyclic amines) is 1. The van der Waals surface area contributed by atoms with Gasteiger partial charge in [-0.3, -0.25) is 4.98 Å². The average molecular weight is 435 g/mol. The zero-order valence-electron chi connectivity index (χ0n) is 17.5. The van der Waals surface area contributed by atoms with Crippen LogP contribution < -0.4 is 16.0 Å². The highest BCUT2D eigenvalue weighted by Crippen LogP contribution is 2.24. The van der Waals surface area contributed by atoms with Gasteiger partial charge in [-0.1, -0.05) is 17.3 Å². The molecule has 0 radical (unpaired) electrons. The van der Waals surface area contributed by atoms with Gasteiger partial charge in [0.25, 0.3) is 0 Å². The van der Waals surface area contributed by atoms with Crippen LogP contribution in [0, 0.1) is 0 Å².